The van der Waals surface area contributed by atoms with Crippen LogP contribution in [0.25, 0.3) is 11.2 Å². The van der Waals surface area contributed by atoms with Crippen LogP contribution in [0.3, 0.4) is 0 Å². The Morgan fingerprint density at radius 3 is 3.00 bits per heavy atom. The third kappa shape index (κ3) is 1.25. The molecule has 0 spiro atoms. The first-order valence-corrected chi connectivity index (χ1v) is 4.96. The minimum absolute atomic E-state index is 0.153. The second-order valence-electron chi connectivity index (χ2n) is 3.76. The van der Waals surface area contributed by atoms with Crippen molar-refractivity contribution in [3.63, 3.8) is 0 Å². The van der Waals surface area contributed by atoms with Crippen LogP contribution in [0.5, 0.6) is 0 Å². The first kappa shape index (κ1) is 9.49. The number of aliphatic hydroxyl groups excluding tert-OH is 1. The highest BCUT2D eigenvalue weighted by molar-refractivity contribution is 5.81. The molecule has 3 N–H and O–H groups in total. The molecular weight excluding hydrogens is 210 g/mol. The van der Waals surface area contributed by atoms with E-state index in [1.165, 1.54) is 6.33 Å². The van der Waals surface area contributed by atoms with Gasteiger partial charge in [-0.25, -0.2) is 15.0 Å². The minimum atomic E-state index is -0.534. The minimum Gasteiger partial charge on any atom is -0.388 e. The van der Waals surface area contributed by atoms with Crippen LogP contribution in [0.15, 0.2) is 12.7 Å². The molecule has 0 bridgehead atoms. The highest BCUT2D eigenvalue weighted by Gasteiger charge is 2.29. The van der Waals surface area contributed by atoms with Crippen molar-refractivity contribution < 1.29 is 9.84 Å². The number of hydrogen-bond acceptors (Lipinski definition) is 6. The Hall–Kier alpha value is -1.73. The molecule has 2 aromatic rings. The number of nitrogens with two attached hydrogens (primary N) is 1. The molecule has 3 rings (SSSR count). The molecule has 0 saturated carbocycles. The van der Waals surface area contributed by atoms with Crippen molar-refractivity contribution >= 4 is 17.0 Å². The molecule has 2 atom stereocenters. The summed E-state index contributed by atoms with van der Waals surface area (Å²) in [5.74, 6) is 0.345. The van der Waals surface area contributed by atoms with Gasteiger partial charge < -0.3 is 20.1 Å². The Morgan fingerprint density at radius 2 is 2.25 bits per heavy atom. The fourth-order valence-corrected chi connectivity index (χ4v) is 1.91. The van der Waals surface area contributed by atoms with Gasteiger partial charge in [0.05, 0.1) is 25.6 Å². The number of aliphatic hydroxyl groups is 1. The van der Waals surface area contributed by atoms with Gasteiger partial charge in [0, 0.05) is 0 Å². The summed E-state index contributed by atoms with van der Waals surface area (Å²) in [6.45, 7) is 0.793. The van der Waals surface area contributed by atoms with E-state index < -0.39 is 6.10 Å². The van der Waals surface area contributed by atoms with Crippen LogP contribution in [-0.2, 0) is 4.74 Å². The molecule has 2 aromatic heterocycles. The monoisotopic (exact) mass is 221 g/mol. The zero-order valence-electron chi connectivity index (χ0n) is 8.45. The van der Waals surface area contributed by atoms with Crippen LogP contribution in [-0.4, -0.2) is 43.9 Å². The number of ether oxygens (including phenoxy) is 1. The topological polar surface area (TPSA) is 99.1 Å². The van der Waals surface area contributed by atoms with Gasteiger partial charge in [0.15, 0.2) is 11.5 Å². The molecule has 7 nitrogen and oxygen atoms in total. The van der Waals surface area contributed by atoms with Gasteiger partial charge >= 0.3 is 0 Å². The van der Waals surface area contributed by atoms with E-state index >= 15 is 0 Å². The predicted molar refractivity (Wildman–Crippen MR) is 55.6 cm³/mol. The summed E-state index contributed by atoms with van der Waals surface area (Å²) in [5, 5.41) is 9.74. The third-order valence-electron chi connectivity index (χ3n) is 2.77. The van der Waals surface area contributed by atoms with Gasteiger partial charge in [-0.3, -0.25) is 0 Å². The van der Waals surface area contributed by atoms with Crippen LogP contribution in [0, 0.1) is 0 Å². The lowest BCUT2D eigenvalue weighted by atomic mass is 10.2. The van der Waals surface area contributed by atoms with Gasteiger partial charge in [-0.05, 0) is 0 Å². The summed E-state index contributed by atoms with van der Waals surface area (Å²) in [7, 11) is 0. The molecular formula is C9H11N5O2. The number of anilines is 1. The van der Waals surface area contributed by atoms with Gasteiger partial charge in [-0.1, -0.05) is 0 Å². The summed E-state index contributed by atoms with van der Waals surface area (Å²) >= 11 is 0. The van der Waals surface area contributed by atoms with Crippen molar-refractivity contribution in [2.24, 2.45) is 0 Å². The number of nitrogens with zero attached hydrogens (tertiary/aromatic N) is 4. The fraction of sp³-hybridized carbons (Fsp3) is 0.444. The molecule has 84 valence electrons. The second-order valence-corrected chi connectivity index (χ2v) is 3.76. The van der Waals surface area contributed by atoms with E-state index in [2.05, 4.69) is 15.0 Å². The molecule has 1 fully saturated rings. The zero-order chi connectivity index (χ0) is 11.1. The van der Waals surface area contributed by atoms with E-state index in [-0.39, 0.29) is 6.04 Å². The average molecular weight is 221 g/mol. The molecule has 1 aliphatic rings. The first-order valence-electron chi connectivity index (χ1n) is 4.96. The van der Waals surface area contributed by atoms with Crippen molar-refractivity contribution in [2.45, 2.75) is 12.1 Å². The van der Waals surface area contributed by atoms with Crippen LogP contribution in [0.4, 0.5) is 5.82 Å². The summed E-state index contributed by atoms with van der Waals surface area (Å²) in [6.07, 6.45) is 2.46. The number of aromatic nitrogens is 4. The average Bonchev–Trinajstić information content (AvgIpc) is 2.84. The molecule has 0 unspecified atom stereocenters. The number of nitrogen functional groups attached to an aromatic ring is 1. The molecule has 1 saturated heterocycles. The van der Waals surface area contributed by atoms with E-state index in [1.54, 1.807) is 10.9 Å². The summed E-state index contributed by atoms with van der Waals surface area (Å²) in [6, 6.07) is -0.153. The van der Waals surface area contributed by atoms with Crippen LogP contribution in [0.2, 0.25) is 0 Å². The van der Waals surface area contributed by atoms with E-state index in [0.29, 0.717) is 30.2 Å². The van der Waals surface area contributed by atoms with E-state index in [1.807, 2.05) is 0 Å². The van der Waals surface area contributed by atoms with Crippen LogP contribution >= 0.6 is 0 Å². The Labute approximate surface area is 90.9 Å². The quantitative estimate of drug-likeness (QED) is 0.663. The van der Waals surface area contributed by atoms with Gasteiger partial charge in [0.25, 0.3) is 0 Å². The van der Waals surface area contributed by atoms with E-state index in [0.717, 1.165) is 0 Å². The third-order valence-corrected chi connectivity index (χ3v) is 2.77. The van der Waals surface area contributed by atoms with Gasteiger partial charge in [0.2, 0.25) is 0 Å². The summed E-state index contributed by atoms with van der Waals surface area (Å²) in [5.41, 5.74) is 6.87. The van der Waals surface area contributed by atoms with Crippen molar-refractivity contribution in [1.82, 2.24) is 19.5 Å². The summed E-state index contributed by atoms with van der Waals surface area (Å²) in [4.78, 5) is 12.1. The summed E-state index contributed by atoms with van der Waals surface area (Å²) < 4.78 is 6.98. The Bertz CT molecular complexity index is 526. The van der Waals surface area contributed by atoms with Gasteiger partial charge in [-0.2, -0.15) is 0 Å². The molecule has 0 radical (unpaired) electrons. The first-order chi connectivity index (χ1) is 7.77. The van der Waals surface area contributed by atoms with Gasteiger partial charge in [-0.15, -0.1) is 0 Å². The van der Waals surface area contributed by atoms with Crippen LogP contribution < -0.4 is 5.73 Å². The molecule has 0 amide bonds. The largest absolute Gasteiger partial charge is 0.388 e. The number of fused-ring (bicyclic) bond motifs is 1. The second kappa shape index (κ2) is 3.39. The maximum absolute atomic E-state index is 9.74. The highest BCUT2D eigenvalue weighted by atomic mass is 16.5. The normalized spacial score (nSPS) is 25.3. The van der Waals surface area contributed by atoms with Crippen molar-refractivity contribution in [1.29, 1.82) is 0 Å². The smallest absolute Gasteiger partial charge is 0.165 e. The highest BCUT2D eigenvalue weighted by Crippen LogP contribution is 2.24. The number of rotatable bonds is 1. The molecule has 1 aliphatic heterocycles. The zero-order valence-corrected chi connectivity index (χ0v) is 8.45. The lowest BCUT2D eigenvalue weighted by Crippen LogP contribution is -2.21. The van der Waals surface area contributed by atoms with Crippen molar-refractivity contribution in [3.8, 4) is 0 Å². The fourth-order valence-electron chi connectivity index (χ4n) is 1.91. The molecule has 16 heavy (non-hydrogen) atoms. The Kier molecular flexibility index (Phi) is 2.01. The number of imidazole rings is 1. The van der Waals surface area contributed by atoms with E-state index in [4.69, 9.17) is 10.5 Å². The molecule has 0 aromatic carbocycles. The maximum atomic E-state index is 9.74. The maximum Gasteiger partial charge on any atom is 0.165 e. The Morgan fingerprint density at radius 1 is 1.38 bits per heavy atom. The molecule has 0 aliphatic carbocycles. The van der Waals surface area contributed by atoms with Crippen LogP contribution in [0.1, 0.15) is 6.04 Å². The van der Waals surface area contributed by atoms with Crippen molar-refractivity contribution in [3.05, 3.63) is 12.7 Å². The lowest BCUT2D eigenvalue weighted by Gasteiger charge is -2.14. The van der Waals surface area contributed by atoms with Crippen molar-refractivity contribution in [2.75, 3.05) is 18.9 Å². The van der Waals surface area contributed by atoms with Gasteiger partial charge in [0.1, 0.15) is 17.9 Å². The molecule has 3 heterocycles. The standard InChI is InChI=1S/C9H11N5O2/c10-8-7-9(12-3-11-8)14(4-13-7)5-1-16-2-6(5)15/h3-6,15H,1-2H2,(H2,10,11,12)/t5-,6+/m1/s1. The van der Waals surface area contributed by atoms with E-state index in [9.17, 15) is 5.11 Å². The Balaban J connectivity index is 2.14. The number of hydrogen-bond donors (Lipinski definition) is 2. The predicted octanol–water partition coefficient (Wildman–Crippen LogP) is -0.659. The molecule has 7 heteroatoms. The SMILES string of the molecule is Nc1ncnc2c1ncn2[C@@H]1COC[C@@H]1O. The lowest BCUT2D eigenvalue weighted by molar-refractivity contribution is 0.120.